The highest BCUT2D eigenvalue weighted by molar-refractivity contribution is 5.45. The molecule has 1 aromatic heterocycles. The van der Waals surface area contributed by atoms with E-state index in [1.165, 1.54) is 24.1 Å². The molecule has 2 aromatic rings. The molecule has 0 N–H and O–H groups in total. The summed E-state index contributed by atoms with van der Waals surface area (Å²) < 4.78 is 7.37. The number of hydrogen-bond acceptors (Lipinski definition) is 2. The van der Waals surface area contributed by atoms with Crippen molar-refractivity contribution in [2.75, 3.05) is 7.11 Å². The number of methoxy groups -OCH3 is 1. The van der Waals surface area contributed by atoms with Crippen molar-refractivity contribution in [3.05, 3.63) is 40.7 Å². The zero-order valence-corrected chi connectivity index (χ0v) is 13.2. The van der Waals surface area contributed by atoms with E-state index in [2.05, 4.69) is 39.8 Å². The molecule has 0 radical (unpaired) electrons. The van der Waals surface area contributed by atoms with Gasteiger partial charge >= 0.3 is 0 Å². The summed E-state index contributed by atoms with van der Waals surface area (Å²) in [5, 5.41) is 4.71. The van der Waals surface area contributed by atoms with Gasteiger partial charge in [0, 0.05) is 5.69 Å². The molecule has 1 heterocycles. The van der Waals surface area contributed by atoms with E-state index in [0.717, 1.165) is 29.1 Å². The van der Waals surface area contributed by atoms with Crippen molar-refractivity contribution in [2.45, 2.75) is 47.0 Å². The largest absolute Gasteiger partial charge is 0.496 e. The lowest BCUT2D eigenvalue weighted by Crippen LogP contribution is -2.00. The monoisotopic (exact) mass is 272 g/mol. The Labute approximate surface area is 121 Å². The van der Waals surface area contributed by atoms with Crippen LogP contribution in [0.4, 0.5) is 0 Å². The van der Waals surface area contributed by atoms with Crippen molar-refractivity contribution < 1.29 is 4.74 Å². The van der Waals surface area contributed by atoms with Crippen LogP contribution in [-0.2, 0) is 6.42 Å². The third-order valence-corrected chi connectivity index (χ3v) is 3.84. The van der Waals surface area contributed by atoms with Crippen LogP contribution < -0.4 is 4.74 Å². The molecule has 0 atom stereocenters. The van der Waals surface area contributed by atoms with E-state index in [1.54, 1.807) is 7.11 Å². The van der Waals surface area contributed by atoms with Crippen LogP contribution in [0.1, 0.15) is 42.3 Å². The fourth-order valence-corrected chi connectivity index (χ4v) is 2.64. The minimum Gasteiger partial charge on any atom is -0.496 e. The average Bonchev–Trinajstić information content (AvgIpc) is 2.72. The summed E-state index contributed by atoms with van der Waals surface area (Å²) in [6.45, 7) is 8.55. The van der Waals surface area contributed by atoms with Gasteiger partial charge in [-0.1, -0.05) is 13.3 Å². The first-order valence-corrected chi connectivity index (χ1v) is 7.28. The average molecular weight is 272 g/mol. The number of rotatable bonds is 5. The Morgan fingerprint density at radius 2 is 1.95 bits per heavy atom. The first kappa shape index (κ1) is 14.6. The van der Waals surface area contributed by atoms with Crippen molar-refractivity contribution in [3.63, 3.8) is 0 Å². The smallest absolute Gasteiger partial charge is 0.121 e. The van der Waals surface area contributed by atoms with Gasteiger partial charge in [-0.15, -0.1) is 0 Å². The zero-order valence-electron chi connectivity index (χ0n) is 13.2. The minimum absolute atomic E-state index is 0.918. The molecule has 2 rings (SSSR count). The minimum atomic E-state index is 0.918. The van der Waals surface area contributed by atoms with Gasteiger partial charge in [0.05, 0.1) is 18.5 Å². The van der Waals surface area contributed by atoms with E-state index >= 15 is 0 Å². The number of ether oxygens (including phenoxy) is 1. The van der Waals surface area contributed by atoms with Crippen LogP contribution >= 0.6 is 0 Å². The van der Waals surface area contributed by atoms with Crippen molar-refractivity contribution in [2.24, 2.45) is 0 Å². The Kier molecular flexibility index (Phi) is 4.48. The fraction of sp³-hybridized carbons (Fsp3) is 0.471. The van der Waals surface area contributed by atoms with Gasteiger partial charge in [0.25, 0.3) is 0 Å². The molecule has 0 fully saturated rings. The summed E-state index contributed by atoms with van der Waals surface area (Å²) in [6, 6.07) is 6.20. The second kappa shape index (κ2) is 6.12. The Bertz CT molecular complexity index is 599. The Morgan fingerprint density at radius 3 is 2.55 bits per heavy atom. The third-order valence-electron chi connectivity index (χ3n) is 3.84. The van der Waals surface area contributed by atoms with Crippen LogP contribution in [0.5, 0.6) is 5.75 Å². The number of nitrogens with zero attached hydrogens (tertiary/aromatic N) is 2. The third kappa shape index (κ3) is 2.72. The van der Waals surface area contributed by atoms with Gasteiger partial charge in [0.2, 0.25) is 0 Å². The van der Waals surface area contributed by atoms with Crippen LogP contribution in [-0.4, -0.2) is 16.9 Å². The summed E-state index contributed by atoms with van der Waals surface area (Å²) in [7, 11) is 1.70. The van der Waals surface area contributed by atoms with Gasteiger partial charge in [-0.25, -0.2) is 4.68 Å². The van der Waals surface area contributed by atoms with Crippen molar-refractivity contribution in [3.8, 4) is 11.4 Å². The summed E-state index contributed by atoms with van der Waals surface area (Å²) in [6.07, 6.45) is 3.55. The summed E-state index contributed by atoms with van der Waals surface area (Å²) in [5.74, 6) is 0.918. The number of aromatic nitrogens is 2. The molecule has 0 saturated carbocycles. The molecule has 0 saturated heterocycles. The molecule has 20 heavy (non-hydrogen) atoms. The molecule has 1 aromatic carbocycles. The van der Waals surface area contributed by atoms with Crippen LogP contribution in [0.15, 0.2) is 18.2 Å². The summed E-state index contributed by atoms with van der Waals surface area (Å²) in [5.41, 5.74) is 6.02. The lowest BCUT2D eigenvalue weighted by atomic mass is 10.1. The van der Waals surface area contributed by atoms with E-state index in [9.17, 15) is 0 Å². The summed E-state index contributed by atoms with van der Waals surface area (Å²) >= 11 is 0. The van der Waals surface area contributed by atoms with Gasteiger partial charge in [-0.3, -0.25) is 0 Å². The maximum atomic E-state index is 5.32. The van der Waals surface area contributed by atoms with E-state index in [1.807, 2.05) is 10.7 Å². The van der Waals surface area contributed by atoms with Gasteiger partial charge in [0.1, 0.15) is 5.75 Å². The standard InChI is InChI=1S/C17H24N2O/c1-6-7-8-16-13(3)18-19(14(16)4)15-9-10-17(20-5)12(2)11-15/h9-11H,6-8H2,1-5H3. The lowest BCUT2D eigenvalue weighted by molar-refractivity contribution is 0.411. The van der Waals surface area contributed by atoms with Crippen LogP contribution in [0.3, 0.4) is 0 Å². The first-order valence-electron chi connectivity index (χ1n) is 7.28. The van der Waals surface area contributed by atoms with Gasteiger partial charge in [-0.05, 0) is 62.9 Å². The van der Waals surface area contributed by atoms with E-state index in [4.69, 9.17) is 9.84 Å². The number of aryl methyl sites for hydroxylation is 2. The maximum Gasteiger partial charge on any atom is 0.121 e. The topological polar surface area (TPSA) is 27.1 Å². The van der Waals surface area contributed by atoms with Gasteiger partial charge in [0.15, 0.2) is 0 Å². The molecule has 0 amide bonds. The SMILES string of the molecule is CCCCc1c(C)nn(-c2ccc(OC)c(C)c2)c1C. The number of benzene rings is 1. The van der Waals surface area contributed by atoms with Crippen LogP contribution in [0.25, 0.3) is 5.69 Å². The Morgan fingerprint density at radius 1 is 1.20 bits per heavy atom. The molecule has 0 aliphatic heterocycles. The van der Waals surface area contributed by atoms with Crippen LogP contribution in [0, 0.1) is 20.8 Å². The van der Waals surface area contributed by atoms with Gasteiger partial charge in [-0.2, -0.15) is 5.10 Å². The van der Waals surface area contributed by atoms with Crippen molar-refractivity contribution >= 4 is 0 Å². The predicted octanol–water partition coefficient (Wildman–Crippen LogP) is 4.15. The molecule has 0 bridgehead atoms. The van der Waals surface area contributed by atoms with E-state index in [-0.39, 0.29) is 0 Å². The number of unbranched alkanes of at least 4 members (excludes halogenated alkanes) is 1. The highest BCUT2D eigenvalue weighted by Crippen LogP contribution is 2.24. The molecule has 0 aliphatic rings. The second-order valence-corrected chi connectivity index (χ2v) is 5.32. The molecular formula is C17H24N2O. The predicted molar refractivity (Wildman–Crippen MR) is 82.9 cm³/mol. The molecular weight excluding hydrogens is 248 g/mol. The Hall–Kier alpha value is -1.77. The van der Waals surface area contributed by atoms with Crippen LogP contribution in [0.2, 0.25) is 0 Å². The zero-order chi connectivity index (χ0) is 14.7. The molecule has 0 aliphatic carbocycles. The quantitative estimate of drug-likeness (QED) is 0.817. The normalized spacial score (nSPS) is 10.8. The maximum absolute atomic E-state index is 5.32. The number of hydrogen-bond donors (Lipinski definition) is 0. The molecule has 3 heteroatoms. The van der Waals surface area contributed by atoms with E-state index < -0.39 is 0 Å². The van der Waals surface area contributed by atoms with E-state index in [0.29, 0.717) is 0 Å². The highest BCUT2D eigenvalue weighted by atomic mass is 16.5. The molecule has 3 nitrogen and oxygen atoms in total. The van der Waals surface area contributed by atoms with Crippen molar-refractivity contribution in [1.29, 1.82) is 0 Å². The van der Waals surface area contributed by atoms with Gasteiger partial charge < -0.3 is 4.74 Å². The fourth-order valence-electron chi connectivity index (χ4n) is 2.64. The molecule has 108 valence electrons. The Balaban J connectivity index is 2.40. The lowest BCUT2D eigenvalue weighted by Gasteiger charge is -2.09. The molecule has 0 spiro atoms. The highest BCUT2D eigenvalue weighted by Gasteiger charge is 2.13. The molecule has 0 unspecified atom stereocenters. The van der Waals surface area contributed by atoms with Crippen molar-refractivity contribution in [1.82, 2.24) is 9.78 Å². The second-order valence-electron chi connectivity index (χ2n) is 5.32. The first-order chi connectivity index (χ1) is 9.58. The summed E-state index contributed by atoms with van der Waals surface area (Å²) in [4.78, 5) is 0.